The van der Waals surface area contributed by atoms with E-state index in [0.29, 0.717) is 6.54 Å². The molecule has 1 atom stereocenters. The third-order valence-corrected chi connectivity index (χ3v) is 4.83. The number of anilines is 1. The van der Waals surface area contributed by atoms with Crippen molar-refractivity contribution in [3.05, 3.63) is 60.3 Å². The molecule has 1 saturated heterocycles. The number of amides is 1. The van der Waals surface area contributed by atoms with E-state index in [1.807, 2.05) is 61.5 Å². The number of aromatic nitrogens is 1. The van der Waals surface area contributed by atoms with E-state index in [-0.39, 0.29) is 11.9 Å². The zero-order valence-corrected chi connectivity index (χ0v) is 15.0. The van der Waals surface area contributed by atoms with Crippen LogP contribution in [0.5, 0.6) is 0 Å². The zero-order chi connectivity index (χ0) is 17.6. The summed E-state index contributed by atoms with van der Waals surface area (Å²) in [7, 11) is 1.88. The van der Waals surface area contributed by atoms with Crippen LogP contribution in [-0.4, -0.2) is 60.0 Å². The Morgan fingerprint density at radius 2 is 1.76 bits per heavy atom. The second-order valence-corrected chi connectivity index (χ2v) is 6.57. The maximum Gasteiger partial charge on any atom is 0.239 e. The summed E-state index contributed by atoms with van der Waals surface area (Å²) in [6, 6.07) is 16.0. The Kier molecular flexibility index (Phi) is 5.66. The van der Waals surface area contributed by atoms with Gasteiger partial charge in [0.15, 0.2) is 0 Å². The summed E-state index contributed by atoms with van der Waals surface area (Å²) in [6.07, 6.45) is 1.83. The Labute approximate surface area is 149 Å². The molecule has 0 unspecified atom stereocenters. The molecule has 1 aromatic carbocycles. The maximum absolute atomic E-state index is 12.8. The molecular formula is C20H26N4O. The maximum atomic E-state index is 12.8. The first-order valence-electron chi connectivity index (χ1n) is 8.84. The molecule has 132 valence electrons. The first-order valence-corrected chi connectivity index (χ1v) is 8.84. The predicted molar refractivity (Wildman–Crippen MR) is 100 cm³/mol. The molecule has 1 aliphatic rings. The fraction of sp³-hybridized carbons (Fsp3) is 0.400. The van der Waals surface area contributed by atoms with Gasteiger partial charge in [0.05, 0.1) is 6.04 Å². The quantitative estimate of drug-likeness (QED) is 0.838. The number of benzene rings is 1. The fourth-order valence-corrected chi connectivity index (χ4v) is 3.29. The van der Waals surface area contributed by atoms with E-state index in [2.05, 4.69) is 26.9 Å². The van der Waals surface area contributed by atoms with E-state index >= 15 is 0 Å². The minimum Gasteiger partial charge on any atom is -0.354 e. The van der Waals surface area contributed by atoms with Crippen molar-refractivity contribution in [1.82, 2.24) is 14.8 Å². The Balaban J connectivity index is 1.53. The van der Waals surface area contributed by atoms with Gasteiger partial charge in [-0.05, 0) is 24.6 Å². The zero-order valence-electron chi connectivity index (χ0n) is 15.0. The van der Waals surface area contributed by atoms with Gasteiger partial charge in [-0.3, -0.25) is 9.69 Å². The molecule has 0 spiro atoms. The van der Waals surface area contributed by atoms with Gasteiger partial charge in [0.25, 0.3) is 0 Å². The van der Waals surface area contributed by atoms with Crippen molar-refractivity contribution in [1.29, 1.82) is 0 Å². The number of piperazine rings is 1. The minimum atomic E-state index is -0.0976. The summed E-state index contributed by atoms with van der Waals surface area (Å²) in [5, 5.41) is 0. The molecule has 0 radical (unpaired) electrons. The fourth-order valence-electron chi connectivity index (χ4n) is 3.29. The number of carbonyl (C=O) groups excluding carboxylic acids is 1. The molecule has 1 fully saturated rings. The van der Waals surface area contributed by atoms with Crippen LogP contribution in [0.3, 0.4) is 0 Å². The third kappa shape index (κ3) is 4.37. The molecule has 1 amide bonds. The highest BCUT2D eigenvalue weighted by molar-refractivity contribution is 5.81. The molecular weight excluding hydrogens is 312 g/mol. The van der Waals surface area contributed by atoms with Crippen molar-refractivity contribution in [2.45, 2.75) is 19.5 Å². The molecule has 3 rings (SSSR count). The lowest BCUT2D eigenvalue weighted by Gasteiger charge is -2.39. The molecule has 2 aromatic rings. The highest BCUT2D eigenvalue weighted by Gasteiger charge is 2.27. The first-order chi connectivity index (χ1) is 12.1. The summed E-state index contributed by atoms with van der Waals surface area (Å²) in [5.41, 5.74) is 1.16. The number of rotatable bonds is 5. The lowest BCUT2D eigenvalue weighted by Crippen LogP contribution is -2.54. The normalized spacial score (nSPS) is 16.5. The molecule has 25 heavy (non-hydrogen) atoms. The molecule has 2 heterocycles. The van der Waals surface area contributed by atoms with Gasteiger partial charge < -0.3 is 9.80 Å². The topological polar surface area (TPSA) is 39.7 Å². The van der Waals surface area contributed by atoms with Crippen molar-refractivity contribution in [2.75, 3.05) is 38.1 Å². The van der Waals surface area contributed by atoms with E-state index < -0.39 is 0 Å². The smallest absolute Gasteiger partial charge is 0.239 e. The summed E-state index contributed by atoms with van der Waals surface area (Å²) in [4.78, 5) is 23.5. The van der Waals surface area contributed by atoms with Crippen LogP contribution in [0.15, 0.2) is 54.7 Å². The van der Waals surface area contributed by atoms with E-state index in [1.165, 1.54) is 0 Å². The number of hydrogen-bond acceptors (Lipinski definition) is 4. The van der Waals surface area contributed by atoms with Gasteiger partial charge in [0.2, 0.25) is 5.91 Å². The van der Waals surface area contributed by atoms with Crippen molar-refractivity contribution in [3.8, 4) is 0 Å². The second kappa shape index (κ2) is 8.12. The largest absolute Gasteiger partial charge is 0.354 e. The minimum absolute atomic E-state index is 0.0976. The summed E-state index contributed by atoms with van der Waals surface area (Å²) >= 11 is 0. The van der Waals surface area contributed by atoms with Gasteiger partial charge >= 0.3 is 0 Å². The van der Waals surface area contributed by atoms with Crippen LogP contribution in [0.2, 0.25) is 0 Å². The summed E-state index contributed by atoms with van der Waals surface area (Å²) < 4.78 is 0. The SMILES string of the molecule is C[C@H](C(=O)N(C)Cc1ccccc1)N1CCN(c2ccccn2)CC1. The molecule has 0 N–H and O–H groups in total. The van der Waals surface area contributed by atoms with E-state index in [0.717, 1.165) is 37.6 Å². The van der Waals surface area contributed by atoms with E-state index in [9.17, 15) is 4.79 Å². The van der Waals surface area contributed by atoms with Crippen LogP contribution >= 0.6 is 0 Å². The van der Waals surface area contributed by atoms with Gasteiger partial charge in [-0.1, -0.05) is 36.4 Å². The van der Waals surface area contributed by atoms with Crippen LogP contribution in [0.1, 0.15) is 12.5 Å². The Hall–Kier alpha value is -2.40. The summed E-state index contributed by atoms with van der Waals surface area (Å²) in [6.45, 7) is 6.22. The van der Waals surface area contributed by atoms with Crippen LogP contribution < -0.4 is 4.90 Å². The number of carbonyl (C=O) groups is 1. The highest BCUT2D eigenvalue weighted by Crippen LogP contribution is 2.15. The van der Waals surface area contributed by atoms with Crippen LogP contribution in [-0.2, 0) is 11.3 Å². The number of likely N-dealkylation sites (N-methyl/N-ethyl adjacent to an activating group) is 1. The Morgan fingerprint density at radius 3 is 2.40 bits per heavy atom. The van der Waals surface area contributed by atoms with Crippen molar-refractivity contribution < 1.29 is 4.79 Å². The van der Waals surface area contributed by atoms with E-state index in [1.54, 1.807) is 0 Å². The van der Waals surface area contributed by atoms with Gasteiger partial charge in [-0.25, -0.2) is 4.98 Å². The molecule has 0 bridgehead atoms. The highest BCUT2D eigenvalue weighted by atomic mass is 16.2. The van der Waals surface area contributed by atoms with Crippen LogP contribution in [0, 0.1) is 0 Å². The first kappa shape index (κ1) is 17.4. The van der Waals surface area contributed by atoms with Crippen LogP contribution in [0.25, 0.3) is 0 Å². The monoisotopic (exact) mass is 338 g/mol. The predicted octanol–water partition coefficient (Wildman–Crippen LogP) is 2.25. The van der Waals surface area contributed by atoms with Crippen LogP contribution in [0.4, 0.5) is 5.82 Å². The average molecular weight is 338 g/mol. The molecule has 1 aliphatic heterocycles. The second-order valence-electron chi connectivity index (χ2n) is 6.57. The van der Waals surface area contributed by atoms with Crippen molar-refractivity contribution in [2.24, 2.45) is 0 Å². The van der Waals surface area contributed by atoms with E-state index in [4.69, 9.17) is 0 Å². The van der Waals surface area contributed by atoms with Crippen molar-refractivity contribution in [3.63, 3.8) is 0 Å². The molecule has 1 aromatic heterocycles. The number of hydrogen-bond donors (Lipinski definition) is 0. The lowest BCUT2D eigenvalue weighted by atomic mass is 10.1. The molecule has 0 aliphatic carbocycles. The van der Waals surface area contributed by atoms with Gasteiger partial charge in [0, 0.05) is 46.0 Å². The number of nitrogens with zero attached hydrogens (tertiary/aromatic N) is 4. The van der Waals surface area contributed by atoms with Gasteiger partial charge in [-0.2, -0.15) is 0 Å². The molecule has 5 heteroatoms. The Bertz CT molecular complexity index is 669. The van der Waals surface area contributed by atoms with Gasteiger partial charge in [-0.15, -0.1) is 0 Å². The van der Waals surface area contributed by atoms with Crippen molar-refractivity contribution >= 4 is 11.7 Å². The molecule has 5 nitrogen and oxygen atoms in total. The summed E-state index contributed by atoms with van der Waals surface area (Å²) in [5.74, 6) is 1.19. The average Bonchev–Trinajstić information content (AvgIpc) is 2.68. The lowest BCUT2D eigenvalue weighted by molar-refractivity contribution is -0.135. The number of pyridine rings is 1. The molecule has 0 saturated carbocycles. The Morgan fingerprint density at radius 1 is 1.08 bits per heavy atom. The van der Waals surface area contributed by atoms with Gasteiger partial charge in [0.1, 0.15) is 5.82 Å². The standard InChI is InChI=1S/C20H26N4O/c1-17(20(25)22(2)16-18-8-4-3-5-9-18)23-12-14-24(15-13-23)19-10-6-7-11-21-19/h3-11,17H,12-16H2,1-2H3/t17-/m1/s1. The third-order valence-electron chi connectivity index (χ3n) is 4.83.